The number of nitrogens with zero attached hydrogens (tertiary/aromatic N) is 5. The lowest BCUT2D eigenvalue weighted by atomic mass is 9.84. The summed E-state index contributed by atoms with van der Waals surface area (Å²) < 4.78 is 21.0. The first-order valence-electron chi connectivity index (χ1n) is 16.6. The number of hydrogen-bond donors (Lipinski definition) is 1. The van der Waals surface area contributed by atoms with Crippen molar-refractivity contribution in [2.24, 2.45) is 0 Å². The molecule has 1 aromatic heterocycles. The number of fused-ring (bicyclic) bond motifs is 5. The second-order valence-electron chi connectivity index (χ2n) is 13.7. The summed E-state index contributed by atoms with van der Waals surface area (Å²) in [5.41, 5.74) is 5.58. The Kier molecular flexibility index (Phi) is 6.92. The number of rotatable bonds is 6. The van der Waals surface area contributed by atoms with E-state index in [1.165, 1.54) is 27.6 Å². The van der Waals surface area contributed by atoms with Crippen LogP contribution in [0.25, 0.3) is 10.8 Å². The molecule has 0 spiro atoms. The smallest absolute Gasteiger partial charge is 0.407 e. The van der Waals surface area contributed by atoms with Crippen LogP contribution in [-0.2, 0) is 19.4 Å². The number of anilines is 1. The molecule has 5 atom stereocenters. The van der Waals surface area contributed by atoms with E-state index in [2.05, 4.69) is 53.1 Å². The van der Waals surface area contributed by atoms with Gasteiger partial charge in [0, 0.05) is 48.6 Å². The summed E-state index contributed by atoms with van der Waals surface area (Å²) in [7, 11) is 0. The molecule has 44 heavy (non-hydrogen) atoms. The number of aromatic nitrogens is 2. The molecule has 5 aliphatic rings. The minimum Gasteiger partial charge on any atom is -0.465 e. The average molecular weight is 600 g/mol. The molecule has 0 radical (unpaired) electrons. The molecule has 232 valence electrons. The summed E-state index contributed by atoms with van der Waals surface area (Å²) in [5.74, 6) is 0.181. The molecule has 0 saturated carbocycles. The van der Waals surface area contributed by atoms with Crippen molar-refractivity contribution in [2.75, 3.05) is 31.1 Å². The SMILES string of the molecule is CCc1cccc2cccc(N3CCc4c(nc(OC[C@@]56CCCN5C[C@H](F)C6)nc4C4C[C@H]5CC[C@@H](C4)N5C(=O)O)C3)c12. The summed E-state index contributed by atoms with van der Waals surface area (Å²) in [4.78, 5) is 28.6. The van der Waals surface area contributed by atoms with E-state index in [-0.39, 0.29) is 23.5 Å². The van der Waals surface area contributed by atoms with Gasteiger partial charge in [0.1, 0.15) is 12.8 Å². The largest absolute Gasteiger partial charge is 0.465 e. The fourth-order valence-electron chi connectivity index (χ4n) is 9.36. The fourth-order valence-corrected chi connectivity index (χ4v) is 9.36. The highest BCUT2D eigenvalue weighted by molar-refractivity contribution is 5.97. The highest BCUT2D eigenvalue weighted by atomic mass is 19.1. The Morgan fingerprint density at radius 1 is 1.11 bits per heavy atom. The van der Waals surface area contributed by atoms with Gasteiger partial charge in [-0.3, -0.25) is 4.90 Å². The highest BCUT2D eigenvalue weighted by Crippen LogP contribution is 2.45. The first-order valence-corrected chi connectivity index (χ1v) is 16.6. The maximum atomic E-state index is 14.5. The van der Waals surface area contributed by atoms with Crippen molar-refractivity contribution >= 4 is 22.6 Å². The summed E-state index contributed by atoms with van der Waals surface area (Å²) in [6.45, 7) is 5.57. The van der Waals surface area contributed by atoms with Gasteiger partial charge in [-0.05, 0) is 80.5 Å². The maximum Gasteiger partial charge on any atom is 0.407 e. The number of piperidine rings is 1. The van der Waals surface area contributed by atoms with E-state index in [1.807, 2.05) is 0 Å². The standard InChI is InChI=1S/C35H42FN5O3/c1-2-22-6-3-7-23-8-4-9-30(31(22)23)39-15-12-28-29(20-39)37-33(44-21-35-13-5-14-40(35)19-25(36)18-35)38-32(28)24-16-26-10-11-27(17-24)41(26)34(42)43/h3-4,6-9,24-27H,2,5,10-21H2,1H3,(H,42,43)/t24?,25-,26-,27+,35+/m1/s1. The molecule has 8 nitrogen and oxygen atoms in total. The number of alkyl halides is 1. The van der Waals surface area contributed by atoms with Gasteiger partial charge in [-0.25, -0.2) is 9.18 Å². The van der Waals surface area contributed by atoms with Crippen molar-refractivity contribution in [3.05, 3.63) is 58.9 Å². The molecule has 4 saturated heterocycles. The number of hydrogen-bond acceptors (Lipinski definition) is 6. The van der Waals surface area contributed by atoms with Crippen LogP contribution in [0.15, 0.2) is 36.4 Å². The van der Waals surface area contributed by atoms with Crippen LogP contribution in [0.3, 0.4) is 0 Å². The van der Waals surface area contributed by atoms with Gasteiger partial charge in [0.05, 0.1) is 23.5 Å². The first-order chi connectivity index (χ1) is 21.4. The molecule has 2 bridgehead atoms. The van der Waals surface area contributed by atoms with Crippen molar-refractivity contribution in [1.82, 2.24) is 19.8 Å². The topological polar surface area (TPSA) is 82.0 Å². The third-order valence-electron chi connectivity index (χ3n) is 11.3. The van der Waals surface area contributed by atoms with E-state index in [0.29, 0.717) is 32.1 Å². The first kappa shape index (κ1) is 28.0. The number of ether oxygens (including phenoxy) is 1. The molecule has 4 fully saturated rings. The predicted molar refractivity (Wildman–Crippen MR) is 167 cm³/mol. The Hall–Kier alpha value is -3.46. The zero-order valence-corrected chi connectivity index (χ0v) is 25.6. The van der Waals surface area contributed by atoms with Crippen LogP contribution in [0, 0.1) is 0 Å². The van der Waals surface area contributed by atoms with E-state index in [1.54, 1.807) is 4.90 Å². The summed E-state index contributed by atoms with van der Waals surface area (Å²) in [5, 5.41) is 12.4. The van der Waals surface area contributed by atoms with E-state index in [0.717, 1.165) is 75.8 Å². The number of halogens is 1. The van der Waals surface area contributed by atoms with Crippen molar-refractivity contribution in [1.29, 1.82) is 0 Å². The Labute approximate surface area is 258 Å². The average Bonchev–Trinajstić information content (AvgIpc) is 3.65. The van der Waals surface area contributed by atoms with Crippen molar-refractivity contribution in [3.8, 4) is 6.01 Å². The molecule has 0 aliphatic carbocycles. The quantitative estimate of drug-likeness (QED) is 0.367. The molecule has 5 aliphatic heterocycles. The molecule has 3 aromatic rings. The van der Waals surface area contributed by atoms with Crippen LogP contribution in [0.2, 0.25) is 0 Å². The fraction of sp³-hybridized carbons (Fsp3) is 0.571. The minimum absolute atomic E-state index is 0.0420. The van der Waals surface area contributed by atoms with Crippen LogP contribution < -0.4 is 9.64 Å². The molecule has 1 amide bonds. The Balaban J connectivity index is 1.14. The van der Waals surface area contributed by atoms with Crippen molar-refractivity contribution in [2.45, 2.75) is 101 Å². The molecule has 6 heterocycles. The van der Waals surface area contributed by atoms with Gasteiger partial charge in [0.25, 0.3) is 0 Å². The summed E-state index contributed by atoms with van der Waals surface area (Å²) in [6.07, 6.45) is 6.14. The van der Waals surface area contributed by atoms with E-state index < -0.39 is 12.3 Å². The molecule has 9 heteroatoms. The van der Waals surface area contributed by atoms with Crippen LogP contribution in [-0.4, -0.2) is 81.0 Å². The predicted octanol–water partition coefficient (Wildman–Crippen LogP) is 6.10. The summed E-state index contributed by atoms with van der Waals surface area (Å²) in [6, 6.07) is 13.6. The number of carboxylic acid groups (broad SMARTS) is 1. The van der Waals surface area contributed by atoms with Gasteiger partial charge in [-0.2, -0.15) is 9.97 Å². The number of carbonyl (C=O) groups is 1. The molecule has 8 rings (SSSR count). The normalized spacial score (nSPS) is 29.7. The van der Waals surface area contributed by atoms with E-state index in [4.69, 9.17) is 14.7 Å². The Morgan fingerprint density at radius 3 is 2.68 bits per heavy atom. The molecular weight excluding hydrogens is 557 g/mol. The second kappa shape index (κ2) is 10.9. The van der Waals surface area contributed by atoms with E-state index >= 15 is 0 Å². The van der Waals surface area contributed by atoms with Gasteiger partial charge < -0.3 is 19.6 Å². The van der Waals surface area contributed by atoms with Gasteiger partial charge in [-0.1, -0.05) is 37.3 Å². The maximum absolute atomic E-state index is 14.5. The number of amides is 1. The van der Waals surface area contributed by atoms with Crippen LogP contribution in [0.1, 0.15) is 80.3 Å². The van der Waals surface area contributed by atoms with Gasteiger partial charge >= 0.3 is 12.1 Å². The zero-order valence-electron chi connectivity index (χ0n) is 25.6. The van der Waals surface area contributed by atoms with Crippen LogP contribution >= 0.6 is 0 Å². The van der Waals surface area contributed by atoms with Crippen LogP contribution in [0.5, 0.6) is 6.01 Å². The minimum atomic E-state index is -0.809. The number of aryl methyl sites for hydroxylation is 1. The lowest BCUT2D eigenvalue weighted by Gasteiger charge is -2.39. The molecule has 1 unspecified atom stereocenters. The zero-order chi connectivity index (χ0) is 30.0. The second-order valence-corrected chi connectivity index (χ2v) is 13.7. The number of benzene rings is 2. The van der Waals surface area contributed by atoms with E-state index in [9.17, 15) is 14.3 Å². The lowest BCUT2D eigenvalue weighted by molar-refractivity contribution is 0.0948. The molecule has 2 aromatic carbocycles. The van der Waals surface area contributed by atoms with Crippen molar-refractivity contribution < 1.29 is 19.0 Å². The van der Waals surface area contributed by atoms with Gasteiger partial charge in [0.2, 0.25) is 0 Å². The Bertz CT molecular complexity index is 1580. The van der Waals surface area contributed by atoms with Gasteiger partial charge in [0.15, 0.2) is 0 Å². The third kappa shape index (κ3) is 4.61. The Morgan fingerprint density at radius 2 is 1.91 bits per heavy atom. The summed E-state index contributed by atoms with van der Waals surface area (Å²) >= 11 is 0. The van der Waals surface area contributed by atoms with Crippen LogP contribution in [0.4, 0.5) is 14.9 Å². The monoisotopic (exact) mass is 599 g/mol. The molecular formula is C35H42FN5O3. The highest BCUT2D eigenvalue weighted by Gasteiger charge is 2.50. The van der Waals surface area contributed by atoms with Gasteiger partial charge in [-0.15, -0.1) is 0 Å². The third-order valence-corrected chi connectivity index (χ3v) is 11.3. The lowest BCUT2D eigenvalue weighted by Crippen LogP contribution is -2.46. The van der Waals surface area contributed by atoms with Crippen molar-refractivity contribution in [3.63, 3.8) is 0 Å². The molecule has 1 N–H and O–H groups in total.